The van der Waals surface area contributed by atoms with Crippen LogP contribution in [0.4, 0.5) is 0 Å². The van der Waals surface area contributed by atoms with Crippen LogP contribution in [-0.2, 0) is 4.79 Å². The van der Waals surface area contributed by atoms with Gasteiger partial charge in [-0.05, 0) is 31.5 Å². The van der Waals surface area contributed by atoms with E-state index in [-0.39, 0.29) is 11.9 Å². The lowest BCUT2D eigenvalue weighted by Gasteiger charge is -2.19. The van der Waals surface area contributed by atoms with Crippen molar-refractivity contribution in [1.82, 2.24) is 14.9 Å². The number of rotatable bonds is 5. The molecule has 0 saturated heterocycles. The smallest absolute Gasteiger partial charge is 0.243 e. The second kappa shape index (κ2) is 7.09. The molecule has 1 N–H and O–H groups in total. The van der Waals surface area contributed by atoms with Crippen molar-refractivity contribution >= 4 is 17.5 Å². The summed E-state index contributed by atoms with van der Waals surface area (Å²) in [5.41, 5.74) is 2.04. The Morgan fingerprint density at radius 3 is 2.67 bits per heavy atom. The van der Waals surface area contributed by atoms with E-state index >= 15 is 0 Å². The minimum Gasteiger partial charge on any atom is -0.350 e. The summed E-state index contributed by atoms with van der Waals surface area (Å²) in [6.07, 6.45) is 6.94. The highest BCUT2D eigenvalue weighted by atomic mass is 35.5. The Hall–Kier alpha value is -2.07. The molecule has 4 nitrogen and oxygen atoms in total. The number of carbonyl (C=O) groups is 1. The van der Waals surface area contributed by atoms with Gasteiger partial charge in [0.1, 0.15) is 0 Å². The maximum Gasteiger partial charge on any atom is 0.243 e. The molecule has 0 aliphatic heterocycles. The van der Waals surface area contributed by atoms with Crippen molar-refractivity contribution in [3.8, 4) is 0 Å². The van der Waals surface area contributed by atoms with E-state index in [0.717, 1.165) is 11.1 Å². The van der Waals surface area contributed by atoms with Gasteiger partial charge in [0.25, 0.3) is 0 Å². The molecule has 0 unspecified atom stereocenters. The van der Waals surface area contributed by atoms with Gasteiger partial charge in [0.2, 0.25) is 5.91 Å². The number of aromatic nitrogens is 2. The number of nitrogens with one attached hydrogen (secondary N) is 1. The summed E-state index contributed by atoms with van der Waals surface area (Å²) in [4.78, 5) is 15.9. The van der Waals surface area contributed by atoms with Crippen molar-refractivity contribution in [2.45, 2.75) is 19.9 Å². The van der Waals surface area contributed by atoms with Gasteiger partial charge >= 0.3 is 0 Å². The third-order valence-electron chi connectivity index (χ3n) is 3.03. The molecule has 0 radical (unpaired) electrons. The average molecular weight is 304 g/mol. The van der Waals surface area contributed by atoms with Crippen LogP contribution in [-0.4, -0.2) is 22.0 Å². The number of hydrogen-bond donors (Lipinski definition) is 1. The number of carbonyl (C=O) groups excluding carboxylic acids is 1. The van der Waals surface area contributed by atoms with E-state index in [1.807, 2.05) is 48.9 Å². The minimum absolute atomic E-state index is 0.0146. The lowest BCUT2D eigenvalue weighted by Crippen LogP contribution is -2.29. The topological polar surface area (TPSA) is 46.9 Å². The monoisotopic (exact) mass is 303 g/mol. The molecule has 0 aliphatic rings. The Bertz CT molecular complexity index is 613. The second-order valence-corrected chi connectivity index (χ2v) is 5.48. The Labute approximate surface area is 129 Å². The van der Waals surface area contributed by atoms with Crippen LogP contribution < -0.4 is 5.32 Å². The molecule has 21 heavy (non-hydrogen) atoms. The fourth-order valence-corrected chi connectivity index (χ4v) is 2.17. The number of imidazole rings is 1. The first kappa shape index (κ1) is 15.3. The number of benzene rings is 1. The first-order chi connectivity index (χ1) is 10.1. The standard InChI is InChI=1S/C16H18ClN3O/c1-12(2)9-16(21)19-10-15(20-8-7-18-11-20)13-3-5-14(17)6-4-13/h3-9,11,15H,10H2,1-2H3,(H,19,21)/t15-/m1/s1. The first-order valence-corrected chi connectivity index (χ1v) is 7.09. The van der Waals surface area contributed by atoms with E-state index in [0.29, 0.717) is 11.6 Å². The molecule has 1 aromatic heterocycles. The summed E-state index contributed by atoms with van der Waals surface area (Å²) < 4.78 is 1.96. The zero-order chi connectivity index (χ0) is 15.2. The van der Waals surface area contributed by atoms with Gasteiger partial charge in [-0.1, -0.05) is 29.3 Å². The van der Waals surface area contributed by atoms with Gasteiger partial charge in [-0.15, -0.1) is 0 Å². The highest BCUT2D eigenvalue weighted by Gasteiger charge is 2.14. The summed E-state index contributed by atoms with van der Waals surface area (Å²) >= 11 is 5.93. The highest BCUT2D eigenvalue weighted by Crippen LogP contribution is 2.19. The van der Waals surface area contributed by atoms with Gasteiger partial charge in [-0.3, -0.25) is 4.79 Å². The molecule has 1 heterocycles. The van der Waals surface area contributed by atoms with Crippen LogP contribution in [0, 0.1) is 0 Å². The van der Waals surface area contributed by atoms with E-state index in [1.165, 1.54) is 0 Å². The molecule has 5 heteroatoms. The van der Waals surface area contributed by atoms with Crippen molar-refractivity contribution in [1.29, 1.82) is 0 Å². The normalized spacial score (nSPS) is 11.8. The maximum absolute atomic E-state index is 11.8. The molecule has 2 aromatic rings. The zero-order valence-electron chi connectivity index (χ0n) is 12.1. The lowest BCUT2D eigenvalue weighted by molar-refractivity contribution is -0.116. The maximum atomic E-state index is 11.8. The average Bonchev–Trinajstić information content (AvgIpc) is 2.94. The van der Waals surface area contributed by atoms with Gasteiger partial charge in [-0.25, -0.2) is 4.98 Å². The van der Waals surface area contributed by atoms with Crippen LogP contribution in [0.25, 0.3) is 0 Å². The quantitative estimate of drug-likeness (QED) is 0.862. The van der Waals surface area contributed by atoms with E-state index in [9.17, 15) is 4.79 Å². The van der Waals surface area contributed by atoms with Crippen LogP contribution in [0.3, 0.4) is 0 Å². The number of nitrogens with zero attached hydrogens (tertiary/aromatic N) is 2. The fourth-order valence-electron chi connectivity index (χ4n) is 2.04. The minimum atomic E-state index is -0.0888. The molecule has 1 atom stereocenters. The molecule has 0 spiro atoms. The third-order valence-corrected chi connectivity index (χ3v) is 3.28. The second-order valence-electron chi connectivity index (χ2n) is 5.04. The number of amides is 1. The van der Waals surface area contributed by atoms with Crippen molar-refractivity contribution < 1.29 is 4.79 Å². The molecule has 2 rings (SSSR count). The van der Waals surface area contributed by atoms with Crippen molar-refractivity contribution in [3.63, 3.8) is 0 Å². The number of allylic oxidation sites excluding steroid dienone is 1. The summed E-state index contributed by atoms with van der Waals surface area (Å²) in [7, 11) is 0. The summed E-state index contributed by atoms with van der Waals surface area (Å²) in [6.45, 7) is 4.28. The van der Waals surface area contributed by atoms with Crippen LogP contribution in [0.2, 0.25) is 5.02 Å². The molecule has 0 fully saturated rings. The Morgan fingerprint density at radius 2 is 2.10 bits per heavy atom. The predicted molar refractivity (Wildman–Crippen MR) is 84.3 cm³/mol. The molecular formula is C16H18ClN3O. The molecule has 110 valence electrons. The van der Waals surface area contributed by atoms with E-state index in [1.54, 1.807) is 18.6 Å². The molecule has 0 bridgehead atoms. The third kappa shape index (κ3) is 4.46. The van der Waals surface area contributed by atoms with Crippen molar-refractivity contribution in [2.24, 2.45) is 0 Å². The molecular weight excluding hydrogens is 286 g/mol. The molecule has 0 aliphatic carbocycles. The Balaban J connectivity index is 2.16. The van der Waals surface area contributed by atoms with Crippen LogP contribution >= 0.6 is 11.6 Å². The Morgan fingerprint density at radius 1 is 1.38 bits per heavy atom. The van der Waals surface area contributed by atoms with Gasteiger partial charge < -0.3 is 9.88 Å². The summed E-state index contributed by atoms with van der Waals surface area (Å²) in [6, 6.07) is 7.59. The molecule has 0 saturated carbocycles. The molecule has 1 aromatic carbocycles. The predicted octanol–water partition coefficient (Wildman–Crippen LogP) is 3.21. The fraction of sp³-hybridized carbons (Fsp3) is 0.250. The summed E-state index contributed by atoms with van der Waals surface area (Å²) in [5, 5.41) is 3.61. The van der Waals surface area contributed by atoms with Gasteiger partial charge in [0, 0.05) is 30.0 Å². The van der Waals surface area contributed by atoms with E-state index in [2.05, 4.69) is 10.3 Å². The first-order valence-electron chi connectivity index (χ1n) is 6.72. The summed E-state index contributed by atoms with van der Waals surface area (Å²) in [5.74, 6) is -0.0888. The van der Waals surface area contributed by atoms with E-state index < -0.39 is 0 Å². The number of halogens is 1. The zero-order valence-corrected chi connectivity index (χ0v) is 12.8. The van der Waals surface area contributed by atoms with E-state index in [4.69, 9.17) is 11.6 Å². The van der Waals surface area contributed by atoms with Gasteiger partial charge in [0.05, 0.1) is 12.4 Å². The van der Waals surface area contributed by atoms with Crippen molar-refractivity contribution in [2.75, 3.05) is 6.54 Å². The number of hydrogen-bond acceptors (Lipinski definition) is 2. The molecule has 1 amide bonds. The van der Waals surface area contributed by atoms with Crippen LogP contribution in [0.1, 0.15) is 25.5 Å². The van der Waals surface area contributed by atoms with Crippen LogP contribution in [0.15, 0.2) is 54.6 Å². The van der Waals surface area contributed by atoms with Gasteiger partial charge in [0.15, 0.2) is 0 Å². The van der Waals surface area contributed by atoms with Gasteiger partial charge in [-0.2, -0.15) is 0 Å². The SMILES string of the molecule is CC(C)=CC(=O)NC[C@H](c1ccc(Cl)cc1)n1ccnc1. The van der Waals surface area contributed by atoms with Crippen molar-refractivity contribution in [3.05, 3.63) is 65.2 Å². The Kier molecular flexibility index (Phi) is 5.17. The lowest BCUT2D eigenvalue weighted by atomic mass is 10.1. The largest absolute Gasteiger partial charge is 0.350 e. The van der Waals surface area contributed by atoms with Crippen LogP contribution in [0.5, 0.6) is 0 Å². The highest BCUT2D eigenvalue weighted by molar-refractivity contribution is 6.30.